The van der Waals surface area contributed by atoms with E-state index in [1.54, 1.807) is 13.3 Å². The number of nitrogens with zero attached hydrogens (tertiary/aromatic N) is 2. The van der Waals surface area contributed by atoms with Crippen molar-refractivity contribution in [1.29, 1.82) is 0 Å². The molecule has 5 nitrogen and oxygen atoms in total. The van der Waals surface area contributed by atoms with Crippen LogP contribution < -0.4 is 10.1 Å². The summed E-state index contributed by atoms with van der Waals surface area (Å²) in [5, 5.41) is 3.76. The number of hydrogen-bond acceptors (Lipinski definition) is 5. The van der Waals surface area contributed by atoms with Crippen molar-refractivity contribution in [2.45, 2.75) is 19.9 Å². The van der Waals surface area contributed by atoms with Crippen molar-refractivity contribution in [3.63, 3.8) is 0 Å². The zero-order chi connectivity index (χ0) is 17.6. The number of carbonyl (C=O) groups excluding carboxylic acids is 1. The van der Waals surface area contributed by atoms with E-state index in [2.05, 4.69) is 15.3 Å². The van der Waals surface area contributed by atoms with Crippen molar-refractivity contribution in [1.82, 2.24) is 15.3 Å². The number of carbonyl (C=O) groups is 1. The minimum absolute atomic E-state index is 0.0380. The first kappa shape index (κ1) is 17.1. The summed E-state index contributed by atoms with van der Waals surface area (Å²) in [6, 6.07) is 13.4. The van der Waals surface area contributed by atoms with Crippen LogP contribution in [0.2, 0.25) is 0 Å². The van der Waals surface area contributed by atoms with Gasteiger partial charge in [-0.3, -0.25) is 9.78 Å². The van der Waals surface area contributed by atoms with E-state index in [0.29, 0.717) is 13.0 Å². The van der Waals surface area contributed by atoms with E-state index in [-0.39, 0.29) is 5.91 Å². The summed E-state index contributed by atoms with van der Waals surface area (Å²) >= 11 is 1.52. The lowest BCUT2D eigenvalue weighted by Crippen LogP contribution is -2.24. The third kappa shape index (κ3) is 4.22. The highest BCUT2D eigenvalue weighted by Gasteiger charge is 2.15. The Morgan fingerprint density at radius 2 is 2.00 bits per heavy atom. The number of benzene rings is 1. The van der Waals surface area contributed by atoms with Crippen LogP contribution >= 0.6 is 11.3 Å². The number of rotatable bonds is 6. The molecule has 0 saturated carbocycles. The van der Waals surface area contributed by atoms with Crippen molar-refractivity contribution in [2.75, 3.05) is 7.11 Å². The predicted octanol–water partition coefficient (Wildman–Crippen LogP) is 3.38. The van der Waals surface area contributed by atoms with Crippen molar-refractivity contribution in [2.24, 2.45) is 0 Å². The second-order valence-corrected chi connectivity index (χ2v) is 6.59. The Morgan fingerprint density at radius 1 is 1.20 bits per heavy atom. The molecule has 3 rings (SSSR count). The Kier molecular flexibility index (Phi) is 5.40. The van der Waals surface area contributed by atoms with Gasteiger partial charge in [-0.25, -0.2) is 4.98 Å². The summed E-state index contributed by atoms with van der Waals surface area (Å²) in [5.41, 5.74) is 2.66. The minimum Gasteiger partial charge on any atom is -0.496 e. The minimum atomic E-state index is -0.0380. The summed E-state index contributed by atoms with van der Waals surface area (Å²) in [6.07, 6.45) is 2.03. The summed E-state index contributed by atoms with van der Waals surface area (Å²) in [7, 11) is 1.64. The quantitative estimate of drug-likeness (QED) is 0.738. The fourth-order valence-electron chi connectivity index (χ4n) is 2.43. The maximum absolute atomic E-state index is 12.2. The standard InChI is InChI=1S/C19H19N3O2S/c1-13-17(11-18(23)21-12-14-7-5-6-10-20-14)25-19(22-13)15-8-3-4-9-16(15)24-2/h3-10H,11-12H2,1-2H3,(H,21,23). The maximum Gasteiger partial charge on any atom is 0.225 e. The summed E-state index contributed by atoms with van der Waals surface area (Å²) in [5.74, 6) is 0.742. The number of aryl methyl sites for hydroxylation is 1. The van der Waals surface area contributed by atoms with E-state index in [1.807, 2.05) is 49.4 Å². The summed E-state index contributed by atoms with van der Waals surface area (Å²) in [4.78, 5) is 22.0. The largest absolute Gasteiger partial charge is 0.496 e. The molecule has 0 aliphatic heterocycles. The van der Waals surface area contributed by atoms with Gasteiger partial charge >= 0.3 is 0 Å². The van der Waals surface area contributed by atoms with Crippen LogP contribution in [-0.2, 0) is 17.8 Å². The molecule has 128 valence electrons. The molecule has 6 heteroatoms. The zero-order valence-electron chi connectivity index (χ0n) is 14.2. The number of pyridine rings is 1. The van der Waals surface area contributed by atoms with Crippen LogP contribution in [0, 0.1) is 6.92 Å². The molecule has 0 spiro atoms. The second kappa shape index (κ2) is 7.90. The van der Waals surface area contributed by atoms with Crippen LogP contribution in [-0.4, -0.2) is 23.0 Å². The van der Waals surface area contributed by atoms with Crippen LogP contribution in [0.15, 0.2) is 48.7 Å². The van der Waals surface area contributed by atoms with Crippen LogP contribution in [0.5, 0.6) is 5.75 Å². The van der Waals surface area contributed by atoms with E-state index >= 15 is 0 Å². The highest BCUT2D eigenvalue weighted by molar-refractivity contribution is 7.15. The number of hydrogen-bond donors (Lipinski definition) is 1. The fraction of sp³-hybridized carbons (Fsp3) is 0.211. The predicted molar refractivity (Wildman–Crippen MR) is 98.6 cm³/mol. The fourth-order valence-corrected chi connectivity index (χ4v) is 3.52. The first-order valence-electron chi connectivity index (χ1n) is 7.93. The monoisotopic (exact) mass is 353 g/mol. The van der Waals surface area contributed by atoms with Crippen molar-refractivity contribution < 1.29 is 9.53 Å². The highest BCUT2D eigenvalue weighted by atomic mass is 32.1. The Morgan fingerprint density at radius 3 is 2.76 bits per heavy atom. The lowest BCUT2D eigenvalue weighted by molar-refractivity contribution is -0.120. The number of aromatic nitrogens is 2. The number of para-hydroxylation sites is 1. The van der Waals surface area contributed by atoms with Crippen molar-refractivity contribution in [3.8, 4) is 16.3 Å². The molecule has 0 fully saturated rings. The zero-order valence-corrected chi connectivity index (χ0v) is 15.0. The third-order valence-corrected chi connectivity index (χ3v) is 4.93. The molecular weight excluding hydrogens is 334 g/mol. The van der Waals surface area contributed by atoms with Crippen molar-refractivity contribution >= 4 is 17.2 Å². The van der Waals surface area contributed by atoms with Gasteiger partial charge in [0.15, 0.2) is 0 Å². The summed E-state index contributed by atoms with van der Waals surface area (Å²) in [6.45, 7) is 2.35. The van der Waals surface area contributed by atoms with E-state index in [9.17, 15) is 4.79 Å². The van der Waals surface area contributed by atoms with Gasteiger partial charge in [-0.1, -0.05) is 18.2 Å². The van der Waals surface area contributed by atoms with Gasteiger partial charge in [0.25, 0.3) is 0 Å². The third-order valence-electron chi connectivity index (χ3n) is 3.74. The Labute approximate surface area is 150 Å². The molecule has 2 aromatic heterocycles. The van der Waals surface area contributed by atoms with Gasteiger partial charge in [-0.2, -0.15) is 0 Å². The Hall–Kier alpha value is -2.73. The van der Waals surface area contributed by atoms with Gasteiger partial charge in [-0.15, -0.1) is 11.3 Å². The number of thiazole rings is 1. The van der Waals surface area contributed by atoms with E-state index in [1.165, 1.54) is 11.3 Å². The van der Waals surface area contributed by atoms with Crippen LogP contribution in [0.4, 0.5) is 0 Å². The molecule has 0 radical (unpaired) electrons. The average molecular weight is 353 g/mol. The lowest BCUT2D eigenvalue weighted by Gasteiger charge is -2.04. The van der Waals surface area contributed by atoms with Crippen LogP contribution in [0.25, 0.3) is 10.6 Å². The Balaban J connectivity index is 1.69. The van der Waals surface area contributed by atoms with Gasteiger partial charge in [0, 0.05) is 11.1 Å². The molecule has 0 saturated heterocycles. The SMILES string of the molecule is COc1ccccc1-c1nc(C)c(CC(=O)NCc2ccccn2)s1. The van der Waals surface area contributed by atoms with Gasteiger partial charge in [0.05, 0.1) is 37.0 Å². The number of nitrogens with one attached hydrogen (secondary N) is 1. The molecule has 1 amide bonds. The number of ether oxygens (including phenoxy) is 1. The molecule has 0 aliphatic carbocycles. The Bertz CT molecular complexity index is 862. The van der Waals surface area contributed by atoms with Crippen LogP contribution in [0.3, 0.4) is 0 Å². The van der Waals surface area contributed by atoms with Crippen LogP contribution in [0.1, 0.15) is 16.3 Å². The molecule has 0 bridgehead atoms. The first-order valence-corrected chi connectivity index (χ1v) is 8.75. The molecule has 0 atom stereocenters. The van der Waals surface area contributed by atoms with E-state index < -0.39 is 0 Å². The topological polar surface area (TPSA) is 64.1 Å². The van der Waals surface area contributed by atoms with E-state index in [4.69, 9.17) is 4.74 Å². The molecule has 0 unspecified atom stereocenters. The van der Waals surface area contributed by atoms with Gasteiger partial charge in [0.1, 0.15) is 10.8 Å². The van der Waals surface area contributed by atoms with E-state index in [0.717, 1.165) is 32.6 Å². The normalized spacial score (nSPS) is 10.5. The molecule has 3 aromatic rings. The van der Waals surface area contributed by atoms with Crippen molar-refractivity contribution in [3.05, 3.63) is 64.9 Å². The average Bonchev–Trinajstić information content (AvgIpc) is 3.01. The smallest absolute Gasteiger partial charge is 0.225 e. The number of methoxy groups -OCH3 is 1. The molecule has 1 aromatic carbocycles. The second-order valence-electron chi connectivity index (χ2n) is 5.50. The maximum atomic E-state index is 12.2. The van der Waals surface area contributed by atoms with Gasteiger partial charge in [0.2, 0.25) is 5.91 Å². The molecule has 25 heavy (non-hydrogen) atoms. The molecule has 1 N–H and O–H groups in total. The molecule has 2 heterocycles. The molecule has 0 aliphatic rings. The molecular formula is C19H19N3O2S. The first-order chi connectivity index (χ1) is 12.2. The summed E-state index contributed by atoms with van der Waals surface area (Å²) < 4.78 is 5.40. The lowest BCUT2D eigenvalue weighted by atomic mass is 10.2. The number of amides is 1. The highest BCUT2D eigenvalue weighted by Crippen LogP contribution is 2.34. The van der Waals surface area contributed by atoms with Gasteiger partial charge in [-0.05, 0) is 31.2 Å². The van der Waals surface area contributed by atoms with Gasteiger partial charge < -0.3 is 10.1 Å².